The molecule has 2 amide bonds. The van der Waals surface area contributed by atoms with E-state index < -0.39 is 35.5 Å². The zero-order chi connectivity index (χ0) is 28.6. The van der Waals surface area contributed by atoms with Gasteiger partial charge >= 0.3 is 11.9 Å². The predicted molar refractivity (Wildman–Crippen MR) is 144 cm³/mol. The smallest absolute Gasteiger partial charge is 0.347 e. The molecule has 16 heteroatoms. The summed E-state index contributed by atoms with van der Waals surface area (Å²) < 4.78 is 0. The average molecular weight is 558 g/mol. The summed E-state index contributed by atoms with van der Waals surface area (Å²) in [4.78, 5) is 73.7. The van der Waals surface area contributed by atoms with Gasteiger partial charge in [0.2, 0.25) is 12.4 Å². The molecular weight excluding hydrogens is 526 g/mol. The van der Waals surface area contributed by atoms with Crippen LogP contribution < -0.4 is 37.5 Å². The van der Waals surface area contributed by atoms with Crippen LogP contribution in [0.1, 0.15) is 23.2 Å². The molecule has 1 saturated heterocycles. The number of benzene rings is 1. The summed E-state index contributed by atoms with van der Waals surface area (Å²) in [6, 6.07) is 4.81. The van der Waals surface area contributed by atoms with Crippen molar-refractivity contribution in [2.75, 3.05) is 60.5 Å². The molecule has 3 heterocycles. The van der Waals surface area contributed by atoms with Crippen molar-refractivity contribution in [3.8, 4) is 0 Å². The summed E-state index contributed by atoms with van der Waals surface area (Å²) in [7, 11) is 0. The summed E-state index contributed by atoms with van der Waals surface area (Å²) in [6.07, 6.45) is 0.112. The van der Waals surface area contributed by atoms with Crippen molar-refractivity contribution in [3.63, 3.8) is 0 Å². The van der Waals surface area contributed by atoms with Crippen LogP contribution in [0.25, 0.3) is 0 Å². The first-order valence-electron chi connectivity index (χ1n) is 12.7. The van der Waals surface area contributed by atoms with E-state index in [-0.39, 0.29) is 42.4 Å². The third-order valence-electron chi connectivity index (χ3n) is 6.40. The second-order valence-corrected chi connectivity index (χ2v) is 9.20. The maximum Gasteiger partial charge on any atom is 0.347 e. The molecule has 4 rings (SSSR count). The minimum atomic E-state index is -1.14. The Morgan fingerprint density at radius 3 is 2.62 bits per heavy atom. The van der Waals surface area contributed by atoms with E-state index in [1.807, 2.05) is 0 Å². The highest BCUT2D eigenvalue weighted by atomic mass is 16.7. The highest BCUT2D eigenvalue weighted by molar-refractivity contribution is 5.97. The SMILES string of the molecule is Nc1nc2c(c(=O)[nH]1)N(C=O)C(CNc1ccc(C(=O)NC(CCC(=O)O)C(=O)ON3CCNCC3)cc1)CN2. The summed E-state index contributed by atoms with van der Waals surface area (Å²) >= 11 is 0. The third-order valence-corrected chi connectivity index (χ3v) is 6.40. The van der Waals surface area contributed by atoms with Crippen molar-refractivity contribution in [2.24, 2.45) is 0 Å². The lowest BCUT2D eigenvalue weighted by Crippen LogP contribution is -2.50. The van der Waals surface area contributed by atoms with Crippen LogP contribution >= 0.6 is 0 Å². The third kappa shape index (κ3) is 7.03. The summed E-state index contributed by atoms with van der Waals surface area (Å²) in [5, 5.41) is 22.4. The lowest BCUT2D eigenvalue weighted by Gasteiger charge is -2.34. The number of aromatic nitrogens is 2. The molecule has 2 aliphatic rings. The topological polar surface area (TPSA) is 224 Å². The Balaban J connectivity index is 1.35. The normalized spacial score (nSPS) is 17.6. The Bertz CT molecular complexity index is 1290. The highest BCUT2D eigenvalue weighted by Crippen LogP contribution is 2.25. The largest absolute Gasteiger partial charge is 0.481 e. The van der Waals surface area contributed by atoms with Crippen molar-refractivity contribution < 1.29 is 29.1 Å². The Hall–Kier alpha value is -4.70. The molecule has 16 nitrogen and oxygen atoms in total. The molecular formula is C24H31N9O7. The number of fused-ring (bicyclic) bond motifs is 1. The van der Waals surface area contributed by atoms with E-state index in [1.54, 1.807) is 12.1 Å². The molecule has 2 atom stereocenters. The number of nitrogens with one attached hydrogen (secondary N) is 5. The zero-order valence-electron chi connectivity index (χ0n) is 21.5. The number of nitrogen functional groups attached to an aromatic ring is 1. The molecule has 40 heavy (non-hydrogen) atoms. The van der Waals surface area contributed by atoms with Crippen LogP contribution in [0.5, 0.6) is 0 Å². The molecule has 1 aromatic carbocycles. The summed E-state index contributed by atoms with van der Waals surface area (Å²) in [6.45, 7) is 2.84. The maximum atomic E-state index is 12.9. The Labute approximate surface area is 228 Å². The fraction of sp³-hybridized carbons (Fsp3) is 0.417. The predicted octanol–water partition coefficient (Wildman–Crippen LogP) is -1.45. The minimum Gasteiger partial charge on any atom is -0.481 e. The molecule has 0 aliphatic carbocycles. The molecule has 2 unspecified atom stereocenters. The van der Waals surface area contributed by atoms with E-state index in [1.165, 1.54) is 22.1 Å². The van der Waals surface area contributed by atoms with E-state index >= 15 is 0 Å². The highest BCUT2D eigenvalue weighted by Gasteiger charge is 2.30. The molecule has 214 valence electrons. The first-order valence-corrected chi connectivity index (χ1v) is 12.7. The number of hydrogen-bond donors (Lipinski definition) is 7. The number of aromatic amines is 1. The number of nitrogens with zero attached hydrogens (tertiary/aromatic N) is 3. The first kappa shape index (κ1) is 28.3. The van der Waals surface area contributed by atoms with Crippen molar-refractivity contribution in [1.29, 1.82) is 0 Å². The number of hydroxylamine groups is 2. The van der Waals surface area contributed by atoms with Gasteiger partial charge in [-0.25, -0.2) is 4.79 Å². The standard InChI is InChI=1S/C24H31N9O7/c25-24-30-20-19(22(38)31-24)33(13-34)16(12-28-20)11-27-15-3-1-14(2-4-15)21(37)29-17(5-6-18(35)36)23(39)40-32-9-7-26-8-10-32/h1-4,13,16-17,26-27H,5-12H2,(H,29,37)(H,35,36)(H4,25,28,30,31,38). The fourth-order valence-corrected chi connectivity index (χ4v) is 4.31. The number of anilines is 4. The lowest BCUT2D eigenvalue weighted by molar-refractivity contribution is -0.195. The number of carbonyl (C=O) groups is 4. The van der Waals surface area contributed by atoms with E-state index in [9.17, 15) is 24.0 Å². The molecule has 2 aromatic rings. The number of piperazine rings is 1. The van der Waals surface area contributed by atoms with Gasteiger partial charge in [-0.05, 0) is 30.7 Å². The lowest BCUT2D eigenvalue weighted by atomic mass is 10.1. The van der Waals surface area contributed by atoms with Gasteiger partial charge in [0.15, 0.2) is 11.5 Å². The number of carboxylic acids is 1. The molecule has 8 N–H and O–H groups in total. The van der Waals surface area contributed by atoms with Crippen LogP contribution in [-0.2, 0) is 19.2 Å². The van der Waals surface area contributed by atoms with Gasteiger partial charge in [0, 0.05) is 56.9 Å². The fourth-order valence-electron chi connectivity index (χ4n) is 4.31. The molecule has 1 aromatic heterocycles. The maximum absolute atomic E-state index is 12.9. The van der Waals surface area contributed by atoms with E-state index in [2.05, 4.69) is 31.2 Å². The second kappa shape index (κ2) is 12.9. The number of H-pyrrole nitrogens is 1. The molecule has 0 spiro atoms. The Morgan fingerprint density at radius 1 is 1.23 bits per heavy atom. The van der Waals surface area contributed by atoms with Gasteiger partial charge in [-0.15, -0.1) is 5.06 Å². The molecule has 0 radical (unpaired) electrons. The second-order valence-electron chi connectivity index (χ2n) is 9.20. The Kier molecular flexibility index (Phi) is 9.13. The van der Waals surface area contributed by atoms with E-state index in [4.69, 9.17) is 15.7 Å². The van der Waals surface area contributed by atoms with Gasteiger partial charge in [0.05, 0.1) is 6.04 Å². The van der Waals surface area contributed by atoms with Crippen molar-refractivity contribution in [3.05, 3.63) is 40.2 Å². The number of carboxylic acid groups (broad SMARTS) is 1. The van der Waals surface area contributed by atoms with Crippen LogP contribution in [-0.4, -0.2) is 95.7 Å². The number of rotatable bonds is 11. The monoisotopic (exact) mass is 557 g/mol. The first-order chi connectivity index (χ1) is 19.2. The number of amides is 2. The summed E-state index contributed by atoms with van der Waals surface area (Å²) in [5.41, 5.74) is 5.99. The van der Waals surface area contributed by atoms with Gasteiger partial charge in [-0.1, -0.05) is 0 Å². The van der Waals surface area contributed by atoms with Gasteiger partial charge in [0.25, 0.3) is 11.5 Å². The quantitative estimate of drug-likeness (QED) is 0.157. The average Bonchev–Trinajstić information content (AvgIpc) is 2.94. The van der Waals surface area contributed by atoms with E-state index in [0.29, 0.717) is 44.8 Å². The molecule has 2 aliphatic heterocycles. The van der Waals surface area contributed by atoms with Crippen molar-refractivity contribution in [2.45, 2.75) is 24.9 Å². The van der Waals surface area contributed by atoms with Crippen LogP contribution in [0.2, 0.25) is 0 Å². The molecule has 0 saturated carbocycles. The van der Waals surface area contributed by atoms with Crippen LogP contribution in [0.15, 0.2) is 29.1 Å². The van der Waals surface area contributed by atoms with Crippen molar-refractivity contribution >= 4 is 47.4 Å². The number of hydrogen-bond acceptors (Lipinski definition) is 12. The van der Waals surface area contributed by atoms with Gasteiger partial charge in [-0.2, -0.15) is 4.98 Å². The van der Waals surface area contributed by atoms with Crippen LogP contribution in [0, 0.1) is 0 Å². The van der Waals surface area contributed by atoms with Crippen LogP contribution in [0.4, 0.5) is 23.1 Å². The number of carbonyl (C=O) groups excluding carboxylic acids is 3. The van der Waals surface area contributed by atoms with Gasteiger partial charge < -0.3 is 41.8 Å². The molecule has 1 fully saturated rings. The zero-order valence-corrected chi connectivity index (χ0v) is 21.5. The van der Waals surface area contributed by atoms with Crippen LogP contribution in [0.3, 0.4) is 0 Å². The Morgan fingerprint density at radius 2 is 1.95 bits per heavy atom. The summed E-state index contributed by atoms with van der Waals surface area (Å²) in [5.74, 6) is -2.23. The van der Waals surface area contributed by atoms with Gasteiger partial charge in [0.1, 0.15) is 6.04 Å². The number of nitrogens with two attached hydrogens (primary N) is 1. The molecule has 0 bridgehead atoms. The minimum absolute atomic E-state index is 0.0625. The number of aliphatic carboxylic acids is 1. The van der Waals surface area contributed by atoms with E-state index in [0.717, 1.165) is 0 Å². The van der Waals surface area contributed by atoms with Crippen molar-refractivity contribution in [1.82, 2.24) is 25.7 Å². The van der Waals surface area contributed by atoms with Gasteiger partial charge in [-0.3, -0.25) is 24.2 Å².